The van der Waals surface area contributed by atoms with Crippen molar-refractivity contribution in [3.05, 3.63) is 83.7 Å². The Morgan fingerprint density at radius 2 is 1.97 bits per heavy atom. The molecule has 182 valence electrons. The van der Waals surface area contributed by atoms with Crippen molar-refractivity contribution in [1.82, 2.24) is 15.2 Å². The normalized spacial score (nSPS) is 21.0. The van der Waals surface area contributed by atoms with E-state index in [9.17, 15) is 4.79 Å². The van der Waals surface area contributed by atoms with Gasteiger partial charge in [0.2, 0.25) is 5.91 Å². The van der Waals surface area contributed by atoms with Gasteiger partial charge >= 0.3 is 0 Å². The van der Waals surface area contributed by atoms with Crippen LogP contribution in [0.25, 0.3) is 0 Å². The second kappa shape index (κ2) is 10.9. The first-order valence-corrected chi connectivity index (χ1v) is 12.1. The van der Waals surface area contributed by atoms with Gasteiger partial charge in [-0.25, -0.2) is 0 Å². The van der Waals surface area contributed by atoms with Gasteiger partial charge in [0.05, 0.1) is 25.9 Å². The SMILES string of the molecule is COc1ccc2cc1Oc1cccc(c1)CO[C@@H]1CCN(Cc3ccncc3)C[C@@H]1NC(=O)CC2. The smallest absolute Gasteiger partial charge is 0.220 e. The number of nitrogens with zero attached hydrogens (tertiary/aromatic N) is 2. The lowest BCUT2D eigenvalue weighted by Gasteiger charge is -2.39. The largest absolute Gasteiger partial charge is 0.493 e. The maximum Gasteiger partial charge on any atom is 0.220 e. The molecule has 0 saturated carbocycles. The number of aryl methyl sites for hydroxylation is 1. The molecule has 0 unspecified atom stereocenters. The number of hydrogen-bond acceptors (Lipinski definition) is 6. The maximum absolute atomic E-state index is 13.0. The van der Waals surface area contributed by atoms with Crippen LogP contribution in [0, 0.1) is 0 Å². The highest BCUT2D eigenvalue weighted by Crippen LogP contribution is 2.33. The van der Waals surface area contributed by atoms with Gasteiger partial charge in [0.1, 0.15) is 5.75 Å². The van der Waals surface area contributed by atoms with Gasteiger partial charge in [-0.3, -0.25) is 14.7 Å². The number of carbonyl (C=O) groups is 1. The molecule has 3 aromatic rings. The molecule has 2 aromatic carbocycles. The Labute approximate surface area is 206 Å². The molecule has 2 aliphatic heterocycles. The van der Waals surface area contributed by atoms with E-state index in [1.807, 2.05) is 67.0 Å². The summed E-state index contributed by atoms with van der Waals surface area (Å²) in [5.74, 6) is 2.06. The zero-order valence-electron chi connectivity index (χ0n) is 20.0. The minimum Gasteiger partial charge on any atom is -0.493 e. The van der Waals surface area contributed by atoms with Crippen molar-refractivity contribution in [2.45, 2.75) is 44.6 Å². The summed E-state index contributed by atoms with van der Waals surface area (Å²) >= 11 is 0. The average Bonchev–Trinajstić information content (AvgIpc) is 2.88. The summed E-state index contributed by atoms with van der Waals surface area (Å²) < 4.78 is 18.0. The lowest BCUT2D eigenvalue weighted by atomic mass is 10.0. The van der Waals surface area contributed by atoms with E-state index in [-0.39, 0.29) is 18.1 Å². The molecule has 5 rings (SSSR count). The van der Waals surface area contributed by atoms with Gasteiger partial charge in [-0.05, 0) is 65.9 Å². The molecule has 0 spiro atoms. The Kier molecular flexibility index (Phi) is 7.25. The molecular weight excluding hydrogens is 442 g/mol. The molecule has 2 aliphatic rings. The number of ether oxygens (including phenoxy) is 3. The summed E-state index contributed by atoms with van der Waals surface area (Å²) in [7, 11) is 1.63. The highest BCUT2D eigenvalue weighted by molar-refractivity contribution is 5.76. The van der Waals surface area contributed by atoms with Crippen LogP contribution in [0.5, 0.6) is 17.2 Å². The number of benzene rings is 2. The molecule has 0 aliphatic carbocycles. The number of pyridine rings is 1. The van der Waals surface area contributed by atoms with Crippen molar-refractivity contribution in [3.63, 3.8) is 0 Å². The monoisotopic (exact) mass is 473 g/mol. The zero-order chi connectivity index (χ0) is 24.0. The summed E-state index contributed by atoms with van der Waals surface area (Å²) in [6.45, 7) is 2.94. The number of carbonyl (C=O) groups excluding carboxylic acids is 1. The van der Waals surface area contributed by atoms with Crippen molar-refractivity contribution in [3.8, 4) is 17.2 Å². The quantitative estimate of drug-likeness (QED) is 0.617. The number of piperidine rings is 1. The zero-order valence-corrected chi connectivity index (χ0v) is 20.0. The summed E-state index contributed by atoms with van der Waals surface area (Å²) in [6.07, 6.45) is 5.45. The molecule has 3 heterocycles. The molecule has 0 radical (unpaired) electrons. The number of fused-ring (bicyclic) bond motifs is 5. The first-order chi connectivity index (χ1) is 17.2. The van der Waals surface area contributed by atoms with E-state index in [2.05, 4.69) is 15.2 Å². The molecule has 1 saturated heterocycles. The van der Waals surface area contributed by atoms with Gasteiger partial charge < -0.3 is 19.5 Å². The molecule has 4 bridgehead atoms. The van der Waals surface area contributed by atoms with Gasteiger partial charge in [0.25, 0.3) is 0 Å². The topological polar surface area (TPSA) is 72.9 Å². The molecule has 1 fully saturated rings. The van der Waals surface area contributed by atoms with Gasteiger partial charge in [0.15, 0.2) is 11.5 Å². The average molecular weight is 474 g/mol. The van der Waals surface area contributed by atoms with E-state index in [0.29, 0.717) is 30.9 Å². The summed E-state index contributed by atoms with van der Waals surface area (Å²) in [6, 6.07) is 17.8. The van der Waals surface area contributed by atoms with Crippen LogP contribution in [0.3, 0.4) is 0 Å². The molecule has 35 heavy (non-hydrogen) atoms. The van der Waals surface area contributed by atoms with Crippen molar-refractivity contribution < 1.29 is 19.0 Å². The van der Waals surface area contributed by atoms with E-state index >= 15 is 0 Å². The standard InChI is InChI=1S/C28H31N3O4/c1-33-26-7-5-20-6-8-28(32)30-24-18-31(17-21-9-12-29-13-10-21)14-11-25(24)34-19-22-3-2-4-23(15-22)35-27(26)16-20/h2-5,7,9-10,12-13,15-16,24-25H,6,8,11,14,17-19H2,1H3,(H,30,32)/t24-,25+/m0/s1. The van der Waals surface area contributed by atoms with Crippen LogP contribution in [-0.2, 0) is 29.1 Å². The lowest BCUT2D eigenvalue weighted by Crippen LogP contribution is -2.55. The third-order valence-electron chi connectivity index (χ3n) is 6.59. The highest BCUT2D eigenvalue weighted by Gasteiger charge is 2.31. The third-order valence-corrected chi connectivity index (χ3v) is 6.59. The fourth-order valence-electron chi connectivity index (χ4n) is 4.75. The first-order valence-electron chi connectivity index (χ1n) is 12.1. The van der Waals surface area contributed by atoms with Gasteiger partial charge in [-0.1, -0.05) is 18.2 Å². The van der Waals surface area contributed by atoms with Gasteiger partial charge in [-0.2, -0.15) is 0 Å². The minimum absolute atomic E-state index is 0.0306. The summed E-state index contributed by atoms with van der Waals surface area (Å²) in [5, 5.41) is 3.27. The second-order valence-electron chi connectivity index (χ2n) is 9.14. The number of amides is 1. The van der Waals surface area contributed by atoms with Crippen LogP contribution in [0.2, 0.25) is 0 Å². The molecule has 1 aromatic heterocycles. The predicted octanol–water partition coefficient (Wildman–Crippen LogP) is 4.10. The lowest BCUT2D eigenvalue weighted by molar-refractivity contribution is -0.124. The van der Waals surface area contributed by atoms with Crippen LogP contribution in [0.1, 0.15) is 29.5 Å². The molecule has 7 heteroatoms. The van der Waals surface area contributed by atoms with E-state index in [1.165, 1.54) is 5.56 Å². The van der Waals surface area contributed by atoms with Crippen LogP contribution < -0.4 is 14.8 Å². The number of nitrogens with one attached hydrogen (secondary N) is 1. The number of aromatic nitrogens is 1. The maximum atomic E-state index is 13.0. The third kappa shape index (κ3) is 5.99. The second-order valence-corrected chi connectivity index (χ2v) is 9.14. The molecular formula is C28H31N3O4. The fraction of sp³-hybridized carbons (Fsp3) is 0.357. The van der Waals surface area contributed by atoms with Crippen molar-refractivity contribution in [2.75, 3.05) is 20.2 Å². The Morgan fingerprint density at radius 1 is 1.09 bits per heavy atom. The van der Waals surface area contributed by atoms with E-state index in [4.69, 9.17) is 14.2 Å². The van der Waals surface area contributed by atoms with Crippen molar-refractivity contribution in [2.24, 2.45) is 0 Å². The van der Waals surface area contributed by atoms with E-state index < -0.39 is 0 Å². The summed E-state index contributed by atoms with van der Waals surface area (Å²) in [5.41, 5.74) is 3.27. The molecule has 2 atom stereocenters. The van der Waals surface area contributed by atoms with Crippen molar-refractivity contribution >= 4 is 5.91 Å². The van der Waals surface area contributed by atoms with E-state index in [0.717, 1.165) is 42.9 Å². The molecule has 7 nitrogen and oxygen atoms in total. The summed E-state index contributed by atoms with van der Waals surface area (Å²) in [4.78, 5) is 19.4. The molecule has 1 amide bonds. The Hall–Kier alpha value is -3.42. The van der Waals surface area contributed by atoms with Gasteiger partial charge in [-0.15, -0.1) is 0 Å². The van der Waals surface area contributed by atoms with E-state index in [1.54, 1.807) is 7.11 Å². The Bertz CT molecular complexity index is 1150. The van der Waals surface area contributed by atoms with Crippen LogP contribution >= 0.6 is 0 Å². The van der Waals surface area contributed by atoms with Crippen LogP contribution in [0.4, 0.5) is 0 Å². The minimum atomic E-state index is -0.0749. The predicted molar refractivity (Wildman–Crippen MR) is 132 cm³/mol. The van der Waals surface area contributed by atoms with Crippen LogP contribution in [0.15, 0.2) is 67.0 Å². The number of rotatable bonds is 3. The highest BCUT2D eigenvalue weighted by atomic mass is 16.5. The Balaban J connectivity index is 1.37. The molecule has 1 N–H and O–H groups in total. The first kappa shape index (κ1) is 23.3. The fourth-order valence-corrected chi connectivity index (χ4v) is 4.75. The number of methoxy groups -OCH3 is 1. The number of likely N-dealkylation sites (tertiary alicyclic amines) is 1. The van der Waals surface area contributed by atoms with Gasteiger partial charge in [0, 0.05) is 38.4 Å². The number of hydrogen-bond donors (Lipinski definition) is 1. The Morgan fingerprint density at radius 3 is 2.83 bits per heavy atom. The van der Waals surface area contributed by atoms with Crippen molar-refractivity contribution in [1.29, 1.82) is 0 Å². The van der Waals surface area contributed by atoms with Crippen LogP contribution in [-0.4, -0.2) is 48.1 Å².